The van der Waals surface area contributed by atoms with Crippen LogP contribution in [0.3, 0.4) is 0 Å². The Hall–Kier alpha value is -2.16. The summed E-state index contributed by atoms with van der Waals surface area (Å²) in [7, 11) is 2.00. The van der Waals surface area contributed by atoms with E-state index in [-0.39, 0.29) is 23.3 Å². The third-order valence-electron chi connectivity index (χ3n) is 9.35. The Balaban J connectivity index is 1.52. The van der Waals surface area contributed by atoms with Crippen molar-refractivity contribution >= 4 is 29.3 Å². The van der Waals surface area contributed by atoms with E-state index >= 15 is 0 Å². The molecule has 0 radical (unpaired) electrons. The Morgan fingerprint density at radius 1 is 1.02 bits per heavy atom. The molecule has 0 aromatic heterocycles. The van der Waals surface area contributed by atoms with Crippen LogP contribution < -0.4 is 16.0 Å². The van der Waals surface area contributed by atoms with Crippen LogP contribution in [0, 0.1) is 11.3 Å². The highest BCUT2D eigenvalue weighted by Gasteiger charge is 2.49. The molecule has 1 unspecified atom stereocenters. The summed E-state index contributed by atoms with van der Waals surface area (Å²) >= 11 is 6.12. The van der Waals surface area contributed by atoms with Crippen LogP contribution in [0.25, 0.3) is 0 Å². The lowest BCUT2D eigenvalue weighted by molar-refractivity contribution is -0.147. The first-order valence-electron chi connectivity index (χ1n) is 15.4. The van der Waals surface area contributed by atoms with Crippen LogP contribution in [-0.2, 0) is 20.8 Å². The molecule has 0 spiro atoms. The Labute approximate surface area is 251 Å². The summed E-state index contributed by atoms with van der Waals surface area (Å²) in [5, 5.41) is 10.4. The summed E-state index contributed by atoms with van der Waals surface area (Å²) in [4.78, 5) is 45.5. The number of carbonyl (C=O) groups is 3. The summed E-state index contributed by atoms with van der Waals surface area (Å²) in [5.41, 5.74) is -0.611. The normalized spacial score (nSPS) is 24.9. The number of nitrogens with zero attached hydrogens (tertiary/aromatic N) is 2. The molecule has 2 heterocycles. The number of amides is 3. The maximum Gasteiger partial charge on any atom is 0.245 e. The van der Waals surface area contributed by atoms with E-state index < -0.39 is 17.0 Å². The molecule has 3 fully saturated rings. The molecule has 1 aromatic carbocycles. The topological polar surface area (TPSA) is 93.8 Å². The van der Waals surface area contributed by atoms with Gasteiger partial charge in [0.15, 0.2) is 0 Å². The van der Waals surface area contributed by atoms with E-state index in [9.17, 15) is 14.4 Å². The van der Waals surface area contributed by atoms with Gasteiger partial charge in [0.25, 0.3) is 0 Å². The number of nitrogens with one attached hydrogen (secondary N) is 3. The lowest BCUT2D eigenvalue weighted by atomic mass is 9.63. The second-order valence-corrected chi connectivity index (χ2v) is 14.3. The van der Waals surface area contributed by atoms with Crippen molar-refractivity contribution in [2.75, 3.05) is 39.8 Å². The number of carbonyl (C=O) groups excluding carboxylic acids is 3. The van der Waals surface area contributed by atoms with Gasteiger partial charge in [0.05, 0.1) is 5.41 Å². The van der Waals surface area contributed by atoms with Crippen molar-refractivity contribution in [1.29, 1.82) is 0 Å². The summed E-state index contributed by atoms with van der Waals surface area (Å²) in [6.45, 7) is 11.2. The predicted molar refractivity (Wildman–Crippen MR) is 164 cm³/mol. The number of halogens is 1. The first kappa shape index (κ1) is 31.8. The van der Waals surface area contributed by atoms with Crippen molar-refractivity contribution in [3.05, 3.63) is 34.9 Å². The van der Waals surface area contributed by atoms with Crippen LogP contribution in [0.5, 0.6) is 0 Å². The minimum absolute atomic E-state index is 0.0884. The van der Waals surface area contributed by atoms with Gasteiger partial charge in [0.2, 0.25) is 17.7 Å². The third-order valence-corrected chi connectivity index (χ3v) is 9.60. The molecular formula is C32H50ClN5O3. The Morgan fingerprint density at radius 3 is 2.24 bits per heavy atom. The molecule has 1 aliphatic carbocycles. The van der Waals surface area contributed by atoms with Gasteiger partial charge < -0.3 is 25.8 Å². The molecule has 3 N–H and O–H groups in total. The molecule has 41 heavy (non-hydrogen) atoms. The lowest BCUT2D eigenvalue weighted by Crippen LogP contribution is -2.67. The van der Waals surface area contributed by atoms with Crippen LogP contribution in [-0.4, -0.2) is 84.4 Å². The molecule has 2 saturated heterocycles. The SMILES string of the molecule is CN1CCNC(C)(C(=O)N[C@H](Cc2ccc(Cl)cc2)C(=O)N2CCC(C(=O)NC(C)(C)C)(C3CCCCC3)CC2)C1. The predicted octanol–water partition coefficient (Wildman–Crippen LogP) is 3.76. The number of piperidine rings is 1. The molecule has 4 rings (SSSR count). The maximum atomic E-state index is 14.1. The van der Waals surface area contributed by atoms with Gasteiger partial charge in [-0.05, 0) is 84.0 Å². The lowest BCUT2D eigenvalue weighted by Gasteiger charge is -2.48. The third kappa shape index (κ3) is 7.82. The highest BCUT2D eigenvalue weighted by Crippen LogP contribution is 2.46. The Bertz CT molecular complexity index is 1070. The van der Waals surface area contributed by atoms with Gasteiger partial charge in [-0.15, -0.1) is 0 Å². The monoisotopic (exact) mass is 587 g/mol. The molecule has 3 amide bonds. The van der Waals surface area contributed by atoms with Crippen LogP contribution in [0.4, 0.5) is 0 Å². The fraction of sp³-hybridized carbons (Fsp3) is 0.719. The van der Waals surface area contributed by atoms with E-state index in [0.29, 0.717) is 56.4 Å². The second-order valence-electron chi connectivity index (χ2n) is 13.9. The van der Waals surface area contributed by atoms with Gasteiger partial charge in [-0.3, -0.25) is 14.4 Å². The zero-order valence-corrected chi connectivity index (χ0v) is 26.4. The smallest absolute Gasteiger partial charge is 0.245 e. The van der Waals surface area contributed by atoms with Gasteiger partial charge in [-0.25, -0.2) is 0 Å². The largest absolute Gasteiger partial charge is 0.351 e. The van der Waals surface area contributed by atoms with Crippen LogP contribution in [0.1, 0.15) is 78.2 Å². The quantitative estimate of drug-likeness (QED) is 0.452. The highest BCUT2D eigenvalue weighted by molar-refractivity contribution is 6.30. The minimum Gasteiger partial charge on any atom is -0.351 e. The average Bonchev–Trinajstić information content (AvgIpc) is 2.93. The average molecular weight is 588 g/mol. The van der Waals surface area contributed by atoms with E-state index in [2.05, 4.69) is 20.9 Å². The molecule has 9 heteroatoms. The van der Waals surface area contributed by atoms with Crippen molar-refractivity contribution in [3.8, 4) is 0 Å². The first-order valence-corrected chi connectivity index (χ1v) is 15.8. The molecule has 2 atom stereocenters. The maximum absolute atomic E-state index is 14.1. The van der Waals surface area contributed by atoms with Gasteiger partial charge in [-0.1, -0.05) is 43.0 Å². The Morgan fingerprint density at radius 2 is 1.66 bits per heavy atom. The summed E-state index contributed by atoms with van der Waals surface area (Å²) in [6, 6.07) is 6.73. The summed E-state index contributed by atoms with van der Waals surface area (Å²) in [6.07, 6.45) is 7.37. The number of rotatable bonds is 7. The second kappa shape index (κ2) is 13.0. The molecule has 1 aromatic rings. The van der Waals surface area contributed by atoms with Gasteiger partial charge in [0.1, 0.15) is 11.6 Å². The minimum atomic E-state index is -0.783. The van der Waals surface area contributed by atoms with Crippen molar-refractivity contribution in [2.24, 2.45) is 11.3 Å². The fourth-order valence-corrected chi connectivity index (χ4v) is 7.14. The molecule has 2 aliphatic heterocycles. The molecular weight excluding hydrogens is 538 g/mol. The number of likely N-dealkylation sites (tertiary alicyclic amines) is 1. The molecule has 228 valence electrons. The van der Waals surface area contributed by atoms with Crippen molar-refractivity contribution in [1.82, 2.24) is 25.8 Å². The fourth-order valence-electron chi connectivity index (χ4n) is 7.01. The number of likely N-dealkylation sites (N-methyl/N-ethyl adjacent to an activating group) is 1. The summed E-state index contributed by atoms with van der Waals surface area (Å²) < 4.78 is 0. The van der Waals surface area contributed by atoms with E-state index in [4.69, 9.17) is 11.6 Å². The van der Waals surface area contributed by atoms with E-state index in [0.717, 1.165) is 37.8 Å². The van der Waals surface area contributed by atoms with E-state index in [1.807, 2.05) is 63.9 Å². The van der Waals surface area contributed by atoms with Crippen LogP contribution in [0.15, 0.2) is 24.3 Å². The van der Waals surface area contributed by atoms with Gasteiger partial charge in [-0.2, -0.15) is 0 Å². The standard InChI is InChI=1S/C32H50ClN5O3/c1-30(2,3)36-29(41)32(24-9-7-6-8-10-24)15-18-38(19-16-32)27(39)26(21-23-11-13-25(33)14-12-23)35-28(40)31(4)22-37(5)20-17-34-31/h11-14,24,26,34H,6-10,15-22H2,1-5H3,(H,35,40)(H,36,41)/t26-,31?/m1/s1. The van der Waals surface area contributed by atoms with Crippen molar-refractivity contribution in [3.63, 3.8) is 0 Å². The number of hydrogen-bond acceptors (Lipinski definition) is 5. The van der Waals surface area contributed by atoms with E-state index in [1.165, 1.54) is 6.42 Å². The first-order chi connectivity index (χ1) is 19.3. The van der Waals surface area contributed by atoms with Gasteiger partial charge in [0, 0.05) is 49.7 Å². The van der Waals surface area contributed by atoms with Crippen molar-refractivity contribution < 1.29 is 14.4 Å². The molecule has 1 saturated carbocycles. The zero-order chi connectivity index (χ0) is 29.8. The number of piperazine rings is 1. The summed E-state index contributed by atoms with van der Waals surface area (Å²) in [5.74, 6) is 0.217. The van der Waals surface area contributed by atoms with Crippen LogP contribution >= 0.6 is 11.6 Å². The van der Waals surface area contributed by atoms with Gasteiger partial charge >= 0.3 is 0 Å². The highest BCUT2D eigenvalue weighted by atomic mass is 35.5. The van der Waals surface area contributed by atoms with Crippen molar-refractivity contribution in [2.45, 2.75) is 96.2 Å². The Kier molecular flexibility index (Phi) is 10.1. The zero-order valence-electron chi connectivity index (χ0n) is 25.7. The molecule has 8 nitrogen and oxygen atoms in total. The molecule has 0 bridgehead atoms. The number of benzene rings is 1. The molecule has 3 aliphatic rings. The van der Waals surface area contributed by atoms with E-state index in [1.54, 1.807) is 0 Å². The number of hydrogen-bond donors (Lipinski definition) is 3. The van der Waals surface area contributed by atoms with Crippen LogP contribution in [0.2, 0.25) is 5.02 Å².